The van der Waals surface area contributed by atoms with Crippen LogP contribution in [0.2, 0.25) is 0 Å². The Morgan fingerprint density at radius 2 is 2.40 bits per heavy atom. The van der Waals surface area contributed by atoms with Crippen molar-refractivity contribution < 1.29 is 5.11 Å². The summed E-state index contributed by atoms with van der Waals surface area (Å²) in [4.78, 5) is 4.07. The van der Waals surface area contributed by atoms with Crippen LogP contribution < -0.4 is 5.32 Å². The van der Waals surface area contributed by atoms with E-state index in [0.29, 0.717) is 6.04 Å². The number of hydrogen-bond acceptors (Lipinski definition) is 3. The number of rotatable bonds is 3. The molecule has 1 aliphatic rings. The summed E-state index contributed by atoms with van der Waals surface area (Å²) < 4.78 is 2.01. The molecule has 1 aromatic heterocycles. The van der Waals surface area contributed by atoms with Crippen LogP contribution in [0.1, 0.15) is 26.0 Å². The third-order valence-corrected chi connectivity index (χ3v) is 3.66. The Morgan fingerprint density at radius 3 is 2.87 bits per heavy atom. The number of imidazole rings is 1. The van der Waals surface area contributed by atoms with Gasteiger partial charge in [-0.25, -0.2) is 4.98 Å². The smallest absolute Gasteiger partial charge is 0.0945 e. The maximum Gasteiger partial charge on any atom is 0.0945 e. The minimum absolute atomic E-state index is 0.00140. The first-order valence-electron chi connectivity index (χ1n) is 5.38. The zero-order valence-corrected chi connectivity index (χ0v) is 9.57. The van der Waals surface area contributed by atoms with Crippen LogP contribution in [0.5, 0.6) is 0 Å². The molecule has 2 rings (SSSR count). The van der Waals surface area contributed by atoms with Crippen LogP contribution in [0.15, 0.2) is 12.5 Å². The normalized spacial score (nSPS) is 28.8. The molecule has 4 nitrogen and oxygen atoms in total. The second kappa shape index (κ2) is 3.61. The van der Waals surface area contributed by atoms with Gasteiger partial charge in [0.25, 0.3) is 0 Å². The third kappa shape index (κ3) is 1.79. The fourth-order valence-corrected chi connectivity index (χ4v) is 2.03. The molecule has 0 aromatic carbocycles. The van der Waals surface area contributed by atoms with Crippen LogP contribution in [-0.4, -0.2) is 26.8 Å². The van der Waals surface area contributed by atoms with Gasteiger partial charge < -0.3 is 15.0 Å². The third-order valence-electron chi connectivity index (χ3n) is 3.66. The van der Waals surface area contributed by atoms with Gasteiger partial charge >= 0.3 is 0 Å². The minimum atomic E-state index is -0.165. The SMILES string of the molecule is Cn1cncc1CNC1CC(O)C1(C)C. The van der Waals surface area contributed by atoms with Gasteiger partial charge in [-0.1, -0.05) is 13.8 Å². The molecular formula is C11H19N3O. The van der Waals surface area contributed by atoms with Crippen LogP contribution in [0.25, 0.3) is 0 Å². The number of nitrogens with zero attached hydrogens (tertiary/aromatic N) is 2. The van der Waals surface area contributed by atoms with Crippen LogP contribution in [-0.2, 0) is 13.6 Å². The Kier molecular flexibility index (Phi) is 2.56. The first-order valence-corrected chi connectivity index (χ1v) is 5.38. The lowest BCUT2D eigenvalue weighted by Crippen LogP contribution is -2.59. The standard InChI is InChI=1S/C11H19N3O/c1-11(2)9(4-10(11)15)13-6-8-5-12-7-14(8)3/h5,7,9-10,13,15H,4,6H2,1-3H3. The molecule has 0 amide bonds. The number of aryl methyl sites for hydroxylation is 1. The molecule has 2 N–H and O–H groups in total. The second-order valence-corrected chi connectivity index (χ2v) is 5.00. The average molecular weight is 209 g/mol. The highest BCUT2D eigenvalue weighted by Crippen LogP contribution is 2.40. The number of aliphatic hydroxyl groups excluding tert-OH is 1. The average Bonchev–Trinajstić information content (AvgIpc) is 2.58. The molecule has 2 atom stereocenters. The van der Waals surface area contributed by atoms with E-state index in [0.717, 1.165) is 13.0 Å². The summed E-state index contributed by atoms with van der Waals surface area (Å²) in [7, 11) is 1.99. The molecule has 84 valence electrons. The van der Waals surface area contributed by atoms with Crippen molar-refractivity contribution in [2.24, 2.45) is 12.5 Å². The van der Waals surface area contributed by atoms with Crippen molar-refractivity contribution in [3.63, 3.8) is 0 Å². The molecule has 1 aliphatic carbocycles. The van der Waals surface area contributed by atoms with Crippen LogP contribution in [0.3, 0.4) is 0 Å². The summed E-state index contributed by atoms with van der Waals surface area (Å²) in [5.41, 5.74) is 1.17. The number of aromatic nitrogens is 2. The van der Waals surface area contributed by atoms with E-state index in [9.17, 15) is 5.11 Å². The molecular weight excluding hydrogens is 190 g/mol. The van der Waals surface area contributed by atoms with Gasteiger partial charge in [0.1, 0.15) is 0 Å². The maximum atomic E-state index is 9.60. The Hall–Kier alpha value is -0.870. The highest BCUT2D eigenvalue weighted by molar-refractivity contribution is 5.04. The van der Waals surface area contributed by atoms with E-state index in [1.807, 2.05) is 17.8 Å². The van der Waals surface area contributed by atoms with E-state index in [1.165, 1.54) is 5.69 Å². The van der Waals surface area contributed by atoms with Crippen molar-refractivity contribution in [2.45, 2.75) is 39.0 Å². The van der Waals surface area contributed by atoms with E-state index in [-0.39, 0.29) is 11.5 Å². The molecule has 1 fully saturated rings. The van der Waals surface area contributed by atoms with Gasteiger partial charge in [-0.15, -0.1) is 0 Å². The van der Waals surface area contributed by atoms with Crippen molar-refractivity contribution in [1.82, 2.24) is 14.9 Å². The lowest BCUT2D eigenvalue weighted by Gasteiger charge is -2.49. The molecule has 1 saturated carbocycles. The van der Waals surface area contributed by atoms with E-state index in [4.69, 9.17) is 0 Å². The van der Waals surface area contributed by atoms with E-state index in [2.05, 4.69) is 24.1 Å². The predicted molar refractivity (Wildman–Crippen MR) is 58.2 cm³/mol. The molecule has 0 bridgehead atoms. The van der Waals surface area contributed by atoms with Gasteiger partial charge in [0.15, 0.2) is 0 Å². The van der Waals surface area contributed by atoms with Crippen LogP contribution in [0, 0.1) is 5.41 Å². The maximum absolute atomic E-state index is 9.60. The van der Waals surface area contributed by atoms with Gasteiger partial charge in [0.2, 0.25) is 0 Å². The highest BCUT2D eigenvalue weighted by atomic mass is 16.3. The molecule has 2 unspecified atom stereocenters. The van der Waals surface area contributed by atoms with Crippen molar-refractivity contribution >= 4 is 0 Å². The lowest BCUT2D eigenvalue weighted by molar-refractivity contribution is -0.0731. The molecule has 1 heterocycles. The molecule has 0 saturated heterocycles. The Balaban J connectivity index is 1.88. The van der Waals surface area contributed by atoms with Gasteiger partial charge in [0.05, 0.1) is 18.1 Å². The summed E-state index contributed by atoms with van der Waals surface area (Å²) in [6.45, 7) is 5.02. The molecule has 0 radical (unpaired) electrons. The van der Waals surface area contributed by atoms with E-state index >= 15 is 0 Å². The zero-order valence-electron chi connectivity index (χ0n) is 9.57. The lowest BCUT2D eigenvalue weighted by atomic mass is 9.64. The van der Waals surface area contributed by atoms with Gasteiger partial charge in [-0.3, -0.25) is 0 Å². The van der Waals surface area contributed by atoms with Crippen molar-refractivity contribution in [3.05, 3.63) is 18.2 Å². The predicted octanol–water partition coefficient (Wildman–Crippen LogP) is 0.669. The van der Waals surface area contributed by atoms with E-state index in [1.54, 1.807) is 6.33 Å². The Labute approximate surface area is 90.3 Å². The van der Waals surface area contributed by atoms with Crippen molar-refractivity contribution in [2.75, 3.05) is 0 Å². The second-order valence-electron chi connectivity index (χ2n) is 5.00. The number of nitrogens with one attached hydrogen (secondary N) is 1. The van der Waals surface area contributed by atoms with Gasteiger partial charge in [0, 0.05) is 31.2 Å². The summed E-state index contributed by atoms with van der Waals surface area (Å²) in [5.74, 6) is 0. The van der Waals surface area contributed by atoms with Crippen molar-refractivity contribution in [1.29, 1.82) is 0 Å². The summed E-state index contributed by atoms with van der Waals surface area (Å²) in [5, 5.41) is 13.1. The zero-order chi connectivity index (χ0) is 11.1. The first kappa shape index (κ1) is 10.6. The number of hydrogen-bond donors (Lipinski definition) is 2. The topological polar surface area (TPSA) is 50.1 Å². The summed E-state index contributed by atoms with van der Waals surface area (Å²) in [6.07, 6.45) is 4.36. The molecule has 15 heavy (non-hydrogen) atoms. The molecule has 0 spiro atoms. The molecule has 0 aliphatic heterocycles. The fraction of sp³-hybridized carbons (Fsp3) is 0.727. The monoisotopic (exact) mass is 209 g/mol. The first-order chi connectivity index (χ1) is 7.01. The Morgan fingerprint density at radius 1 is 1.67 bits per heavy atom. The fourth-order valence-electron chi connectivity index (χ4n) is 2.03. The van der Waals surface area contributed by atoms with Crippen LogP contribution >= 0.6 is 0 Å². The Bertz CT molecular complexity index is 345. The van der Waals surface area contributed by atoms with Crippen molar-refractivity contribution in [3.8, 4) is 0 Å². The summed E-state index contributed by atoms with van der Waals surface area (Å²) in [6, 6.07) is 0.405. The highest BCUT2D eigenvalue weighted by Gasteiger charge is 2.46. The van der Waals surface area contributed by atoms with Gasteiger partial charge in [-0.05, 0) is 6.42 Å². The molecule has 4 heteroatoms. The summed E-state index contributed by atoms with van der Waals surface area (Å²) >= 11 is 0. The molecule has 1 aromatic rings. The van der Waals surface area contributed by atoms with Gasteiger partial charge in [-0.2, -0.15) is 0 Å². The largest absolute Gasteiger partial charge is 0.392 e. The minimum Gasteiger partial charge on any atom is -0.392 e. The quantitative estimate of drug-likeness (QED) is 0.769. The number of aliphatic hydroxyl groups is 1. The van der Waals surface area contributed by atoms with E-state index < -0.39 is 0 Å². The van der Waals surface area contributed by atoms with Crippen LogP contribution in [0.4, 0.5) is 0 Å².